The van der Waals surface area contributed by atoms with Gasteiger partial charge in [0.2, 0.25) is 0 Å². The average Bonchev–Trinajstić information content (AvgIpc) is 3.06. The third kappa shape index (κ3) is 4.66. The maximum atomic E-state index is 13.2. The van der Waals surface area contributed by atoms with Crippen LogP contribution in [0.5, 0.6) is 0 Å². The van der Waals surface area contributed by atoms with Crippen molar-refractivity contribution < 1.29 is 32.6 Å². The van der Waals surface area contributed by atoms with Crippen LogP contribution in [0.3, 0.4) is 0 Å². The minimum absolute atomic E-state index is 0.0788. The van der Waals surface area contributed by atoms with E-state index in [4.69, 9.17) is 4.74 Å². The Morgan fingerprint density at radius 2 is 2.00 bits per heavy atom. The van der Waals surface area contributed by atoms with E-state index in [1.807, 2.05) is 0 Å². The van der Waals surface area contributed by atoms with Crippen LogP contribution in [-0.4, -0.2) is 39.0 Å². The lowest BCUT2D eigenvalue weighted by molar-refractivity contribution is -0.138. The zero-order valence-corrected chi connectivity index (χ0v) is 17.4. The van der Waals surface area contributed by atoms with Crippen LogP contribution < -0.4 is 10.2 Å². The molecule has 31 heavy (non-hydrogen) atoms. The summed E-state index contributed by atoms with van der Waals surface area (Å²) in [5.74, 6) is -0.551. The van der Waals surface area contributed by atoms with Crippen molar-refractivity contribution in [2.45, 2.75) is 52.1 Å². The number of halogens is 3. The Labute approximate surface area is 176 Å². The number of hydrogen-bond acceptors (Lipinski definition) is 5. The number of nitrogens with one attached hydrogen (secondary N) is 1. The summed E-state index contributed by atoms with van der Waals surface area (Å²) in [6.07, 6.45) is -4.07. The van der Waals surface area contributed by atoms with Gasteiger partial charge in [0.25, 0.3) is 5.91 Å². The second kappa shape index (κ2) is 7.88. The summed E-state index contributed by atoms with van der Waals surface area (Å²) in [5.41, 5.74) is -1.64. The molecule has 1 aliphatic heterocycles. The Bertz CT molecular complexity index is 1010. The van der Waals surface area contributed by atoms with Gasteiger partial charge in [0.1, 0.15) is 5.60 Å². The largest absolute Gasteiger partial charge is 0.444 e. The molecule has 3 rings (SSSR count). The SMILES string of the molecule is C[C@H]1CN(c2ccc(C(F)(F)F)c(CO)c2)C(=O)c2c(NC(=O)OC(C)(C)C)cnn21. The Balaban J connectivity index is 1.95. The van der Waals surface area contributed by atoms with E-state index in [-0.39, 0.29) is 35.2 Å². The second-order valence-corrected chi connectivity index (χ2v) is 8.24. The number of amides is 2. The Kier molecular flexibility index (Phi) is 5.74. The highest BCUT2D eigenvalue weighted by Gasteiger charge is 2.37. The lowest BCUT2D eigenvalue weighted by Gasteiger charge is -2.32. The van der Waals surface area contributed by atoms with Gasteiger partial charge in [-0.05, 0) is 51.5 Å². The Morgan fingerprint density at radius 1 is 1.32 bits per heavy atom. The molecule has 168 valence electrons. The molecule has 0 fully saturated rings. The molecule has 0 spiro atoms. The van der Waals surface area contributed by atoms with Gasteiger partial charge >= 0.3 is 12.3 Å². The Morgan fingerprint density at radius 3 is 2.58 bits per heavy atom. The monoisotopic (exact) mass is 440 g/mol. The smallest absolute Gasteiger partial charge is 0.416 e. The number of carbonyl (C=O) groups excluding carboxylic acids is 2. The number of benzene rings is 1. The zero-order valence-electron chi connectivity index (χ0n) is 17.4. The third-order valence-corrected chi connectivity index (χ3v) is 4.62. The first-order valence-corrected chi connectivity index (χ1v) is 9.52. The molecule has 0 aliphatic carbocycles. The quantitative estimate of drug-likeness (QED) is 0.753. The number of aliphatic hydroxyl groups is 1. The molecule has 2 heterocycles. The zero-order chi connectivity index (χ0) is 23.1. The molecule has 0 radical (unpaired) electrons. The van der Waals surface area contributed by atoms with Crippen LogP contribution in [0.4, 0.5) is 29.3 Å². The van der Waals surface area contributed by atoms with Gasteiger partial charge in [-0.25, -0.2) is 4.79 Å². The highest BCUT2D eigenvalue weighted by molar-refractivity contribution is 6.10. The molecule has 2 aromatic rings. The van der Waals surface area contributed by atoms with Crippen molar-refractivity contribution in [3.63, 3.8) is 0 Å². The lowest BCUT2D eigenvalue weighted by Crippen LogP contribution is -2.43. The van der Waals surface area contributed by atoms with Crippen LogP contribution in [0.1, 0.15) is 55.4 Å². The van der Waals surface area contributed by atoms with E-state index in [0.29, 0.717) is 0 Å². The summed E-state index contributed by atoms with van der Waals surface area (Å²) in [7, 11) is 0. The van der Waals surface area contributed by atoms with Crippen molar-refractivity contribution in [3.05, 3.63) is 41.2 Å². The number of ether oxygens (including phenoxy) is 1. The number of alkyl halides is 3. The maximum absolute atomic E-state index is 13.2. The van der Waals surface area contributed by atoms with Gasteiger partial charge in [-0.1, -0.05) is 0 Å². The van der Waals surface area contributed by atoms with Gasteiger partial charge in [-0.3, -0.25) is 14.8 Å². The predicted octanol–water partition coefficient (Wildman–Crippen LogP) is 3.96. The molecule has 0 bridgehead atoms. The average molecular weight is 440 g/mol. The fraction of sp³-hybridized carbons (Fsp3) is 0.450. The standard InChI is InChI=1S/C20H23F3N4O4/c1-11-9-26(13-5-6-14(20(21,22)23)12(7-13)10-28)17(29)16-15(8-24-27(11)16)25-18(30)31-19(2,3)4/h5-8,11,28H,9-10H2,1-4H3,(H,25,30)/t11-/m0/s1. The summed E-state index contributed by atoms with van der Waals surface area (Å²) >= 11 is 0. The minimum atomic E-state index is -4.63. The normalized spacial score (nSPS) is 16.8. The van der Waals surface area contributed by atoms with Gasteiger partial charge in [-0.2, -0.15) is 18.3 Å². The maximum Gasteiger partial charge on any atom is 0.416 e. The van der Waals surface area contributed by atoms with Crippen molar-refractivity contribution in [2.24, 2.45) is 0 Å². The molecular formula is C20H23F3N4O4. The molecule has 0 unspecified atom stereocenters. The van der Waals surface area contributed by atoms with Crippen LogP contribution in [0, 0.1) is 0 Å². The first-order valence-electron chi connectivity index (χ1n) is 9.52. The molecule has 1 atom stereocenters. The molecule has 8 nitrogen and oxygen atoms in total. The number of nitrogens with zero attached hydrogens (tertiary/aromatic N) is 3. The number of aromatic nitrogens is 2. The topological polar surface area (TPSA) is 96.7 Å². The highest BCUT2D eigenvalue weighted by Crippen LogP contribution is 2.36. The Hall–Kier alpha value is -3.08. The summed E-state index contributed by atoms with van der Waals surface area (Å²) in [6.45, 7) is 6.18. The van der Waals surface area contributed by atoms with E-state index >= 15 is 0 Å². The van der Waals surface area contributed by atoms with E-state index in [2.05, 4.69) is 10.4 Å². The van der Waals surface area contributed by atoms with Gasteiger partial charge in [0.05, 0.1) is 30.1 Å². The fourth-order valence-electron chi connectivity index (χ4n) is 3.35. The second-order valence-electron chi connectivity index (χ2n) is 8.24. The number of fused-ring (bicyclic) bond motifs is 1. The molecule has 1 aromatic carbocycles. The van der Waals surface area contributed by atoms with E-state index in [1.54, 1.807) is 27.7 Å². The third-order valence-electron chi connectivity index (χ3n) is 4.62. The number of hydrogen-bond donors (Lipinski definition) is 2. The summed E-state index contributed by atoms with van der Waals surface area (Å²) in [6, 6.07) is 2.84. The molecule has 1 aliphatic rings. The number of rotatable bonds is 3. The minimum Gasteiger partial charge on any atom is -0.444 e. The van der Waals surface area contributed by atoms with E-state index in [0.717, 1.165) is 12.1 Å². The lowest BCUT2D eigenvalue weighted by atomic mass is 10.0. The van der Waals surface area contributed by atoms with Crippen LogP contribution in [0.2, 0.25) is 0 Å². The van der Waals surface area contributed by atoms with E-state index < -0.39 is 35.9 Å². The van der Waals surface area contributed by atoms with Gasteiger partial charge in [0.15, 0.2) is 5.69 Å². The number of aliphatic hydroxyl groups excluding tert-OH is 1. The molecule has 0 saturated heterocycles. The highest BCUT2D eigenvalue weighted by atomic mass is 19.4. The van der Waals surface area contributed by atoms with E-state index in [9.17, 15) is 27.9 Å². The molecule has 2 N–H and O–H groups in total. The molecule has 2 amide bonds. The van der Waals surface area contributed by atoms with Gasteiger partial charge < -0.3 is 14.7 Å². The van der Waals surface area contributed by atoms with Gasteiger partial charge in [-0.15, -0.1) is 0 Å². The summed E-state index contributed by atoms with van der Waals surface area (Å²) in [4.78, 5) is 26.6. The van der Waals surface area contributed by atoms with Crippen LogP contribution in [-0.2, 0) is 17.5 Å². The van der Waals surface area contributed by atoms with Crippen molar-refractivity contribution in [3.8, 4) is 0 Å². The molecule has 11 heteroatoms. The number of carbonyl (C=O) groups is 2. The summed E-state index contributed by atoms with van der Waals surface area (Å²) < 4.78 is 46.1. The summed E-state index contributed by atoms with van der Waals surface area (Å²) in [5, 5.41) is 16.1. The first-order chi connectivity index (χ1) is 14.3. The van der Waals surface area contributed by atoms with Crippen molar-refractivity contribution in [2.75, 3.05) is 16.8 Å². The van der Waals surface area contributed by atoms with Crippen LogP contribution >= 0.6 is 0 Å². The molecule has 0 saturated carbocycles. The predicted molar refractivity (Wildman–Crippen MR) is 106 cm³/mol. The van der Waals surface area contributed by atoms with Crippen molar-refractivity contribution in [1.29, 1.82) is 0 Å². The number of anilines is 2. The molecule has 1 aromatic heterocycles. The van der Waals surface area contributed by atoms with Crippen molar-refractivity contribution >= 4 is 23.4 Å². The fourth-order valence-corrected chi connectivity index (χ4v) is 3.35. The van der Waals surface area contributed by atoms with Gasteiger partial charge in [0, 0.05) is 12.2 Å². The first kappa shape index (κ1) is 22.6. The van der Waals surface area contributed by atoms with Crippen LogP contribution in [0.15, 0.2) is 24.4 Å². The van der Waals surface area contributed by atoms with E-state index in [1.165, 1.54) is 21.8 Å². The van der Waals surface area contributed by atoms with Crippen molar-refractivity contribution in [1.82, 2.24) is 9.78 Å². The molecular weight excluding hydrogens is 417 g/mol. The van der Waals surface area contributed by atoms with Crippen LogP contribution in [0.25, 0.3) is 0 Å².